The number of halogens is 1. The fraction of sp³-hybridized carbons (Fsp3) is 0.136. The van der Waals surface area contributed by atoms with Crippen LogP contribution in [0, 0.1) is 18.2 Å². The fourth-order valence-electron chi connectivity index (χ4n) is 3.28. The summed E-state index contributed by atoms with van der Waals surface area (Å²) in [6.45, 7) is 1.36. The van der Waals surface area contributed by atoms with E-state index in [1.807, 2.05) is 24.3 Å². The highest BCUT2D eigenvalue weighted by Crippen LogP contribution is 2.37. The van der Waals surface area contributed by atoms with E-state index in [0.717, 1.165) is 43.9 Å². The number of amidine groups is 1. The maximum absolute atomic E-state index is 13.7. The maximum Gasteiger partial charge on any atom is 0.231 e. The predicted octanol–water partition coefficient (Wildman–Crippen LogP) is 4.18. The Hall–Kier alpha value is -3.50. The van der Waals surface area contributed by atoms with Crippen LogP contribution in [-0.2, 0) is 6.54 Å². The Bertz CT molecular complexity index is 1180. The van der Waals surface area contributed by atoms with Gasteiger partial charge in [0.2, 0.25) is 6.79 Å². The van der Waals surface area contributed by atoms with Crippen molar-refractivity contribution in [3.63, 3.8) is 0 Å². The van der Waals surface area contributed by atoms with E-state index in [-0.39, 0.29) is 18.2 Å². The molecule has 5 rings (SSSR count). The van der Waals surface area contributed by atoms with Crippen LogP contribution in [0.4, 0.5) is 10.1 Å². The summed E-state index contributed by atoms with van der Waals surface area (Å²) in [6, 6.07) is 12.8. The summed E-state index contributed by atoms with van der Waals surface area (Å²) in [5.41, 5.74) is 3.22. The molecule has 2 N–H and O–H groups in total. The van der Waals surface area contributed by atoms with Crippen LogP contribution in [-0.4, -0.2) is 19.3 Å². The summed E-state index contributed by atoms with van der Waals surface area (Å²) in [7, 11) is 0. The van der Waals surface area contributed by atoms with E-state index in [1.165, 1.54) is 6.07 Å². The van der Waals surface area contributed by atoms with Crippen LogP contribution in [0.2, 0.25) is 0 Å². The van der Waals surface area contributed by atoms with Gasteiger partial charge in [-0.3, -0.25) is 0 Å². The molecular weight excluding hydrogens is 389 g/mol. The highest BCUT2D eigenvalue weighted by Gasteiger charge is 2.20. The van der Waals surface area contributed by atoms with E-state index in [2.05, 4.69) is 21.5 Å². The average molecular weight is 405 g/mol. The van der Waals surface area contributed by atoms with Crippen molar-refractivity contribution in [2.45, 2.75) is 6.54 Å². The molecule has 0 amide bonds. The van der Waals surface area contributed by atoms with Gasteiger partial charge in [0.15, 0.2) is 11.5 Å². The summed E-state index contributed by atoms with van der Waals surface area (Å²) in [5.74, 6) is 4.36. The molecule has 1 aromatic heterocycles. The van der Waals surface area contributed by atoms with E-state index >= 15 is 0 Å². The van der Waals surface area contributed by atoms with Crippen molar-refractivity contribution in [2.75, 3.05) is 18.8 Å². The number of rotatable bonds is 3. The molecule has 0 spiro atoms. The third-order valence-corrected chi connectivity index (χ3v) is 5.95. The van der Waals surface area contributed by atoms with Crippen LogP contribution in [0.15, 0.2) is 47.5 Å². The van der Waals surface area contributed by atoms with Gasteiger partial charge in [0, 0.05) is 11.4 Å². The second kappa shape index (κ2) is 7.15. The highest BCUT2D eigenvalue weighted by molar-refractivity contribution is 7.18. The van der Waals surface area contributed by atoms with Crippen molar-refractivity contribution < 1.29 is 13.9 Å². The third-order valence-electron chi connectivity index (χ3n) is 4.76. The van der Waals surface area contributed by atoms with Crippen molar-refractivity contribution in [3.05, 3.63) is 64.3 Å². The zero-order valence-corrected chi connectivity index (χ0v) is 16.1. The summed E-state index contributed by atoms with van der Waals surface area (Å²) in [5, 5.41) is 6.70. The molecule has 0 fully saturated rings. The quantitative estimate of drug-likeness (QED) is 0.642. The minimum absolute atomic E-state index is 0.261. The molecule has 0 radical (unpaired) electrons. The molecule has 2 aliphatic rings. The molecule has 0 unspecified atom stereocenters. The van der Waals surface area contributed by atoms with Gasteiger partial charge in [-0.1, -0.05) is 18.1 Å². The fourth-order valence-corrected chi connectivity index (χ4v) is 4.39. The monoisotopic (exact) mass is 405 g/mol. The smallest absolute Gasteiger partial charge is 0.231 e. The molecule has 2 aromatic carbocycles. The highest BCUT2D eigenvalue weighted by atomic mass is 32.1. The van der Waals surface area contributed by atoms with Crippen LogP contribution in [0.1, 0.15) is 16.0 Å². The van der Waals surface area contributed by atoms with Crippen LogP contribution in [0.5, 0.6) is 11.5 Å². The summed E-state index contributed by atoms with van der Waals surface area (Å²) < 4.78 is 24.5. The molecule has 0 atom stereocenters. The summed E-state index contributed by atoms with van der Waals surface area (Å²) >= 11 is 1.59. The molecule has 144 valence electrons. The average Bonchev–Trinajstić information content (AvgIpc) is 3.39. The van der Waals surface area contributed by atoms with Gasteiger partial charge in [-0.15, -0.1) is 17.8 Å². The van der Waals surface area contributed by atoms with Gasteiger partial charge in [-0.05, 0) is 41.5 Å². The van der Waals surface area contributed by atoms with Gasteiger partial charge in [-0.25, -0.2) is 9.38 Å². The molecule has 0 saturated heterocycles. The molecular formula is C22H16FN3O2S. The number of terminal acetylenes is 1. The molecule has 7 heteroatoms. The Labute approximate surface area is 171 Å². The number of anilines is 1. The molecule has 3 aromatic rings. The first-order valence-corrected chi connectivity index (χ1v) is 9.84. The second-order valence-electron chi connectivity index (χ2n) is 6.58. The van der Waals surface area contributed by atoms with Gasteiger partial charge in [-0.2, -0.15) is 0 Å². The van der Waals surface area contributed by atoms with Crippen molar-refractivity contribution in [1.29, 1.82) is 0 Å². The lowest BCUT2D eigenvalue weighted by Crippen LogP contribution is -2.27. The summed E-state index contributed by atoms with van der Waals surface area (Å²) in [4.78, 5) is 6.58. The van der Waals surface area contributed by atoms with Crippen molar-refractivity contribution >= 4 is 22.9 Å². The second-order valence-corrected chi connectivity index (χ2v) is 7.63. The minimum atomic E-state index is -0.386. The molecule has 0 aliphatic carbocycles. The van der Waals surface area contributed by atoms with Crippen LogP contribution in [0.25, 0.3) is 10.4 Å². The topological polar surface area (TPSA) is 54.9 Å². The minimum Gasteiger partial charge on any atom is -0.454 e. The van der Waals surface area contributed by atoms with E-state index in [0.29, 0.717) is 13.2 Å². The molecule has 29 heavy (non-hydrogen) atoms. The van der Waals surface area contributed by atoms with Crippen molar-refractivity contribution in [1.82, 2.24) is 5.32 Å². The number of hydrogen-bond acceptors (Lipinski definition) is 6. The third kappa shape index (κ3) is 3.28. The van der Waals surface area contributed by atoms with Gasteiger partial charge >= 0.3 is 0 Å². The first kappa shape index (κ1) is 17.6. The zero-order valence-electron chi connectivity index (χ0n) is 15.3. The Kier molecular flexibility index (Phi) is 4.34. The molecule has 0 bridgehead atoms. The van der Waals surface area contributed by atoms with Crippen molar-refractivity contribution in [3.8, 4) is 34.3 Å². The first-order chi connectivity index (χ1) is 14.2. The van der Waals surface area contributed by atoms with E-state index in [1.54, 1.807) is 23.5 Å². The normalized spacial score (nSPS) is 13.9. The van der Waals surface area contributed by atoms with Crippen LogP contribution in [0.3, 0.4) is 0 Å². The number of thiophene rings is 1. The lowest BCUT2D eigenvalue weighted by molar-refractivity contribution is 0.174. The number of nitrogens with one attached hydrogen (secondary N) is 2. The number of benzene rings is 2. The Morgan fingerprint density at radius 2 is 2.07 bits per heavy atom. The number of hydrogen-bond donors (Lipinski definition) is 2. The number of fused-ring (bicyclic) bond motifs is 2. The number of ether oxygens (including phenoxy) is 2. The van der Waals surface area contributed by atoms with Gasteiger partial charge in [0.05, 0.1) is 16.1 Å². The van der Waals surface area contributed by atoms with Gasteiger partial charge in [0.25, 0.3) is 0 Å². The lowest BCUT2D eigenvalue weighted by Gasteiger charge is -2.16. The predicted molar refractivity (Wildman–Crippen MR) is 112 cm³/mol. The van der Waals surface area contributed by atoms with Gasteiger partial charge < -0.3 is 20.1 Å². The largest absolute Gasteiger partial charge is 0.454 e. The first-order valence-electron chi connectivity index (χ1n) is 9.03. The van der Waals surface area contributed by atoms with E-state index in [4.69, 9.17) is 15.9 Å². The number of aliphatic imine (C=N–C) groups is 1. The molecule has 3 heterocycles. The Balaban J connectivity index is 1.38. The zero-order chi connectivity index (χ0) is 19.8. The standard InChI is InChI=1S/C22H16FN3O2S/c1-2-14-8-15(4-5-16(14)23)20-9-17-21(29-20)22(26-11-25-17)24-10-13-3-6-18-19(7-13)28-12-27-18/h1,3-9,25H,10-12H2,(H,24,26). The molecule has 5 nitrogen and oxygen atoms in total. The number of nitrogens with zero attached hydrogens (tertiary/aromatic N) is 1. The molecule has 2 aliphatic heterocycles. The molecule has 0 saturated carbocycles. The van der Waals surface area contributed by atoms with Crippen molar-refractivity contribution in [2.24, 2.45) is 4.99 Å². The Morgan fingerprint density at radius 1 is 1.17 bits per heavy atom. The van der Waals surface area contributed by atoms with Gasteiger partial charge in [0.1, 0.15) is 18.3 Å². The van der Waals surface area contributed by atoms with E-state index in [9.17, 15) is 4.39 Å². The van der Waals surface area contributed by atoms with Crippen LogP contribution < -0.4 is 20.1 Å². The Morgan fingerprint density at radius 3 is 2.97 bits per heavy atom. The summed E-state index contributed by atoms with van der Waals surface area (Å²) in [6.07, 6.45) is 5.40. The lowest BCUT2D eigenvalue weighted by atomic mass is 10.1. The maximum atomic E-state index is 13.7. The SMILES string of the molecule is C#Cc1cc(-c2cc3c(s2)C(NCc2ccc4c(c2)OCO4)=NCN3)ccc1F. The van der Waals surface area contributed by atoms with E-state index < -0.39 is 0 Å². The van der Waals surface area contributed by atoms with Crippen LogP contribution >= 0.6 is 11.3 Å².